The van der Waals surface area contributed by atoms with Gasteiger partial charge in [-0.2, -0.15) is 5.26 Å². The van der Waals surface area contributed by atoms with Gasteiger partial charge in [-0.3, -0.25) is 4.90 Å². The highest BCUT2D eigenvalue weighted by molar-refractivity contribution is 5.51. The van der Waals surface area contributed by atoms with Crippen molar-refractivity contribution >= 4 is 5.69 Å². The maximum atomic E-state index is 9.28. The van der Waals surface area contributed by atoms with Crippen LogP contribution < -0.4 is 5.32 Å². The van der Waals surface area contributed by atoms with Gasteiger partial charge in [-0.25, -0.2) is 0 Å². The molecule has 0 amide bonds. The molecule has 1 aliphatic heterocycles. The van der Waals surface area contributed by atoms with Crippen molar-refractivity contribution in [3.05, 3.63) is 65.2 Å². The average Bonchev–Trinajstić information content (AvgIpc) is 2.68. The summed E-state index contributed by atoms with van der Waals surface area (Å²) in [6, 6.07) is 18.3. The number of nitrogens with zero attached hydrogens (tertiary/aromatic N) is 2. The van der Waals surface area contributed by atoms with Crippen LogP contribution in [0.2, 0.25) is 0 Å². The predicted molar refractivity (Wildman–Crippen MR) is 100 cm³/mol. The highest BCUT2D eigenvalue weighted by Gasteiger charge is 2.19. The molecule has 130 valence electrons. The molecule has 1 aliphatic rings. The van der Waals surface area contributed by atoms with E-state index in [-0.39, 0.29) is 0 Å². The van der Waals surface area contributed by atoms with Crippen LogP contribution in [-0.4, -0.2) is 29.7 Å². The van der Waals surface area contributed by atoms with Gasteiger partial charge >= 0.3 is 0 Å². The maximum absolute atomic E-state index is 9.28. The number of hydrogen-bond acceptors (Lipinski definition) is 4. The van der Waals surface area contributed by atoms with Crippen LogP contribution in [0.15, 0.2) is 48.5 Å². The number of anilines is 1. The van der Waals surface area contributed by atoms with E-state index in [0.29, 0.717) is 18.1 Å². The summed E-state index contributed by atoms with van der Waals surface area (Å²) in [6.07, 6.45) is 2.16. The van der Waals surface area contributed by atoms with E-state index in [1.54, 1.807) is 0 Å². The molecule has 2 aromatic carbocycles. The Hall–Kier alpha value is -2.35. The first-order chi connectivity index (χ1) is 12.3. The molecule has 0 bridgehead atoms. The Morgan fingerprint density at radius 2 is 1.80 bits per heavy atom. The molecule has 0 aliphatic carbocycles. The number of piperidine rings is 1. The smallest absolute Gasteiger partial charge is 0.0991 e. The van der Waals surface area contributed by atoms with Gasteiger partial charge in [0.05, 0.1) is 11.6 Å². The van der Waals surface area contributed by atoms with Crippen molar-refractivity contribution in [2.45, 2.75) is 25.9 Å². The third kappa shape index (κ3) is 4.82. The Labute approximate surface area is 149 Å². The Morgan fingerprint density at radius 1 is 1.08 bits per heavy atom. The molecule has 1 heterocycles. The highest BCUT2D eigenvalue weighted by Crippen LogP contribution is 2.22. The first-order valence-corrected chi connectivity index (χ1v) is 8.92. The molecule has 25 heavy (non-hydrogen) atoms. The summed E-state index contributed by atoms with van der Waals surface area (Å²) in [5.41, 5.74) is 4.32. The summed E-state index contributed by atoms with van der Waals surface area (Å²) in [4.78, 5) is 2.47. The summed E-state index contributed by atoms with van der Waals surface area (Å²) >= 11 is 0. The number of aliphatic hydroxyl groups is 1. The lowest BCUT2D eigenvalue weighted by atomic mass is 9.97. The molecule has 0 atom stereocenters. The standard InChI is InChI=1S/C21H25N3O/c22-13-17-5-7-18(8-6-17)14-23-21-4-2-1-3-20(21)15-24-11-9-19(16-25)10-12-24/h1-8,19,23,25H,9-12,14-16H2. The molecule has 0 saturated carbocycles. The Bertz CT molecular complexity index is 713. The number of aliphatic hydroxyl groups excluding tert-OH is 1. The van der Waals surface area contributed by atoms with E-state index in [1.165, 1.54) is 5.56 Å². The zero-order valence-corrected chi connectivity index (χ0v) is 14.5. The summed E-state index contributed by atoms with van der Waals surface area (Å²) < 4.78 is 0. The lowest BCUT2D eigenvalue weighted by Crippen LogP contribution is -2.34. The summed E-state index contributed by atoms with van der Waals surface area (Å²) in [5, 5.41) is 21.7. The minimum absolute atomic E-state index is 0.316. The van der Waals surface area contributed by atoms with Crippen molar-refractivity contribution in [2.75, 3.05) is 25.0 Å². The molecule has 2 N–H and O–H groups in total. The third-order valence-electron chi connectivity index (χ3n) is 4.94. The van der Waals surface area contributed by atoms with Gasteiger partial charge < -0.3 is 10.4 Å². The Morgan fingerprint density at radius 3 is 2.48 bits per heavy atom. The topological polar surface area (TPSA) is 59.3 Å². The van der Waals surface area contributed by atoms with Crippen molar-refractivity contribution in [2.24, 2.45) is 5.92 Å². The fraction of sp³-hybridized carbons (Fsp3) is 0.381. The Kier molecular flexibility index (Phi) is 6.05. The van der Waals surface area contributed by atoms with E-state index in [9.17, 15) is 5.11 Å². The Balaban J connectivity index is 1.59. The second-order valence-corrected chi connectivity index (χ2v) is 6.72. The number of likely N-dealkylation sites (tertiary alicyclic amines) is 1. The largest absolute Gasteiger partial charge is 0.396 e. The zero-order chi connectivity index (χ0) is 17.5. The normalized spacial score (nSPS) is 15.7. The van der Waals surface area contributed by atoms with Crippen molar-refractivity contribution in [3.63, 3.8) is 0 Å². The van der Waals surface area contributed by atoms with Crippen molar-refractivity contribution < 1.29 is 5.11 Å². The van der Waals surface area contributed by atoms with E-state index < -0.39 is 0 Å². The van der Waals surface area contributed by atoms with Gasteiger partial charge in [-0.05, 0) is 61.2 Å². The second kappa shape index (κ2) is 8.66. The third-order valence-corrected chi connectivity index (χ3v) is 4.94. The van der Waals surface area contributed by atoms with Crippen LogP contribution in [0, 0.1) is 17.2 Å². The van der Waals surface area contributed by atoms with Crippen LogP contribution in [0.4, 0.5) is 5.69 Å². The highest BCUT2D eigenvalue weighted by atomic mass is 16.3. The number of rotatable bonds is 6. The molecule has 0 spiro atoms. The van der Waals surface area contributed by atoms with Gasteiger partial charge in [0.15, 0.2) is 0 Å². The van der Waals surface area contributed by atoms with Crippen LogP contribution in [-0.2, 0) is 13.1 Å². The molecular formula is C21H25N3O. The van der Waals surface area contributed by atoms with Crippen LogP contribution in [0.1, 0.15) is 29.5 Å². The summed E-state index contributed by atoms with van der Waals surface area (Å²) in [5.74, 6) is 0.473. The molecule has 0 aromatic heterocycles. The molecule has 1 fully saturated rings. The van der Waals surface area contributed by atoms with Gasteiger partial charge in [-0.1, -0.05) is 30.3 Å². The zero-order valence-electron chi connectivity index (χ0n) is 14.5. The van der Waals surface area contributed by atoms with Gasteiger partial charge in [0.2, 0.25) is 0 Å². The molecule has 0 unspecified atom stereocenters. The lowest BCUT2D eigenvalue weighted by Gasteiger charge is -2.31. The molecule has 1 saturated heterocycles. The first-order valence-electron chi connectivity index (χ1n) is 8.92. The van der Waals surface area contributed by atoms with Crippen LogP contribution in [0.3, 0.4) is 0 Å². The molecule has 2 aromatic rings. The summed E-state index contributed by atoms with van der Waals surface area (Å²) in [6.45, 7) is 4.10. The van der Waals surface area contributed by atoms with Crippen LogP contribution in [0.5, 0.6) is 0 Å². The fourth-order valence-corrected chi connectivity index (χ4v) is 3.29. The summed E-state index contributed by atoms with van der Waals surface area (Å²) in [7, 11) is 0. The fourth-order valence-electron chi connectivity index (χ4n) is 3.29. The minimum Gasteiger partial charge on any atom is -0.396 e. The van der Waals surface area contributed by atoms with Crippen molar-refractivity contribution in [3.8, 4) is 6.07 Å². The van der Waals surface area contributed by atoms with E-state index in [0.717, 1.165) is 50.3 Å². The van der Waals surface area contributed by atoms with E-state index in [4.69, 9.17) is 5.26 Å². The van der Waals surface area contributed by atoms with Crippen LogP contribution in [0.25, 0.3) is 0 Å². The second-order valence-electron chi connectivity index (χ2n) is 6.72. The average molecular weight is 335 g/mol. The van der Waals surface area contributed by atoms with Crippen LogP contribution >= 0.6 is 0 Å². The SMILES string of the molecule is N#Cc1ccc(CNc2ccccc2CN2CCC(CO)CC2)cc1. The number of nitrogens with one attached hydrogen (secondary N) is 1. The predicted octanol–water partition coefficient (Wildman–Crippen LogP) is 3.37. The van der Waals surface area contributed by atoms with E-state index in [1.807, 2.05) is 24.3 Å². The molecule has 4 nitrogen and oxygen atoms in total. The minimum atomic E-state index is 0.316. The van der Waals surface area contributed by atoms with Gasteiger partial charge in [0.1, 0.15) is 0 Å². The lowest BCUT2D eigenvalue weighted by molar-refractivity contribution is 0.127. The molecule has 0 radical (unpaired) electrons. The monoisotopic (exact) mass is 335 g/mol. The first kappa shape index (κ1) is 17.5. The van der Waals surface area contributed by atoms with E-state index >= 15 is 0 Å². The van der Waals surface area contributed by atoms with Crippen molar-refractivity contribution in [1.82, 2.24) is 4.90 Å². The maximum Gasteiger partial charge on any atom is 0.0991 e. The molecule has 4 heteroatoms. The molecule has 3 rings (SSSR count). The number of nitriles is 1. The van der Waals surface area contributed by atoms with Gasteiger partial charge in [-0.15, -0.1) is 0 Å². The van der Waals surface area contributed by atoms with Crippen molar-refractivity contribution in [1.29, 1.82) is 5.26 Å². The number of benzene rings is 2. The quantitative estimate of drug-likeness (QED) is 0.850. The van der Waals surface area contributed by atoms with E-state index in [2.05, 4.69) is 40.6 Å². The number of para-hydroxylation sites is 1. The number of hydrogen-bond donors (Lipinski definition) is 2. The van der Waals surface area contributed by atoms with Gasteiger partial charge in [0.25, 0.3) is 0 Å². The van der Waals surface area contributed by atoms with Gasteiger partial charge in [0, 0.05) is 25.4 Å². The molecular weight excluding hydrogens is 310 g/mol.